The van der Waals surface area contributed by atoms with Gasteiger partial charge in [0.05, 0.1) is 24.3 Å². The minimum Gasteiger partial charge on any atom is -0.493 e. The topological polar surface area (TPSA) is 42.4 Å². The van der Waals surface area contributed by atoms with Crippen LogP contribution in [0.4, 0.5) is 0 Å². The molecular weight excluding hydrogens is 356 g/mol. The number of amides is 1. The Labute approximate surface area is 166 Å². The molecule has 2 aromatic rings. The van der Waals surface area contributed by atoms with E-state index < -0.39 is 0 Å². The summed E-state index contributed by atoms with van der Waals surface area (Å²) in [7, 11) is 0. The van der Waals surface area contributed by atoms with E-state index >= 15 is 0 Å². The largest absolute Gasteiger partial charge is 0.493 e. The van der Waals surface area contributed by atoms with E-state index in [9.17, 15) is 4.79 Å². The molecule has 1 aliphatic heterocycles. The first kappa shape index (κ1) is 19.9. The maximum absolute atomic E-state index is 12.9. The van der Waals surface area contributed by atoms with Gasteiger partial charge in [-0.3, -0.25) is 4.79 Å². The van der Waals surface area contributed by atoms with Crippen molar-refractivity contribution in [3.05, 3.63) is 35.3 Å². The fourth-order valence-electron chi connectivity index (χ4n) is 3.78. The number of para-hydroxylation sites is 1. The van der Waals surface area contributed by atoms with Crippen LogP contribution in [-0.4, -0.2) is 35.0 Å². The molecule has 0 radical (unpaired) electrons. The SMILES string of the molecule is CCOc1ccccc1-c1nc(CC(=O)N2CCCC2CC(C)(C)C)cs1. The van der Waals surface area contributed by atoms with Crippen molar-refractivity contribution in [1.29, 1.82) is 0 Å². The first-order valence-corrected chi connectivity index (χ1v) is 10.7. The molecule has 0 bridgehead atoms. The van der Waals surface area contributed by atoms with E-state index in [1.807, 2.05) is 36.6 Å². The lowest BCUT2D eigenvalue weighted by Crippen LogP contribution is -2.38. The number of likely N-dealkylation sites (tertiary alicyclic amines) is 1. The van der Waals surface area contributed by atoms with E-state index in [-0.39, 0.29) is 11.3 Å². The highest BCUT2D eigenvalue weighted by molar-refractivity contribution is 7.13. The van der Waals surface area contributed by atoms with Gasteiger partial charge in [0.1, 0.15) is 10.8 Å². The van der Waals surface area contributed by atoms with Crippen LogP contribution in [0, 0.1) is 5.41 Å². The third-order valence-corrected chi connectivity index (χ3v) is 5.77. The highest BCUT2D eigenvalue weighted by Crippen LogP contribution is 2.33. The summed E-state index contributed by atoms with van der Waals surface area (Å²) in [5.74, 6) is 1.05. The van der Waals surface area contributed by atoms with E-state index in [0.717, 1.165) is 47.8 Å². The normalized spacial score (nSPS) is 17.3. The van der Waals surface area contributed by atoms with Gasteiger partial charge in [-0.05, 0) is 43.7 Å². The number of thiazole rings is 1. The monoisotopic (exact) mass is 386 g/mol. The summed E-state index contributed by atoms with van der Waals surface area (Å²) >= 11 is 1.58. The average molecular weight is 387 g/mol. The van der Waals surface area contributed by atoms with E-state index in [1.165, 1.54) is 0 Å². The van der Waals surface area contributed by atoms with Crippen LogP contribution in [0.3, 0.4) is 0 Å². The molecule has 1 aromatic carbocycles. The number of benzene rings is 1. The lowest BCUT2D eigenvalue weighted by Gasteiger charge is -2.30. The van der Waals surface area contributed by atoms with Gasteiger partial charge < -0.3 is 9.64 Å². The van der Waals surface area contributed by atoms with Crippen LogP contribution < -0.4 is 4.74 Å². The number of nitrogens with zero attached hydrogens (tertiary/aromatic N) is 2. The molecule has 1 aliphatic rings. The molecule has 1 unspecified atom stereocenters. The molecule has 1 amide bonds. The van der Waals surface area contributed by atoms with Gasteiger partial charge in [0.2, 0.25) is 5.91 Å². The van der Waals surface area contributed by atoms with Gasteiger partial charge in [-0.2, -0.15) is 0 Å². The molecule has 27 heavy (non-hydrogen) atoms. The van der Waals surface area contributed by atoms with Crippen molar-refractivity contribution in [1.82, 2.24) is 9.88 Å². The second kappa shape index (κ2) is 8.42. The Bertz CT molecular complexity index is 779. The molecule has 2 heterocycles. The quantitative estimate of drug-likeness (QED) is 0.687. The Morgan fingerprint density at radius 3 is 2.85 bits per heavy atom. The Kier molecular flexibility index (Phi) is 6.20. The average Bonchev–Trinajstić information content (AvgIpc) is 3.23. The molecule has 5 heteroatoms. The lowest BCUT2D eigenvalue weighted by molar-refractivity contribution is -0.131. The van der Waals surface area contributed by atoms with Crippen LogP contribution in [-0.2, 0) is 11.2 Å². The van der Waals surface area contributed by atoms with Crippen LogP contribution in [0.1, 0.15) is 52.7 Å². The fraction of sp³-hybridized carbons (Fsp3) is 0.545. The number of carbonyl (C=O) groups excluding carboxylic acids is 1. The third-order valence-electron chi connectivity index (χ3n) is 4.85. The number of carbonyl (C=O) groups is 1. The van der Waals surface area contributed by atoms with Crippen LogP contribution in [0.2, 0.25) is 0 Å². The Balaban J connectivity index is 1.70. The van der Waals surface area contributed by atoms with Crippen molar-refractivity contribution in [2.75, 3.05) is 13.2 Å². The summed E-state index contributed by atoms with van der Waals surface area (Å²) in [6.07, 6.45) is 3.67. The predicted molar refractivity (Wildman–Crippen MR) is 111 cm³/mol. The van der Waals surface area contributed by atoms with Crippen LogP contribution in [0.5, 0.6) is 5.75 Å². The van der Waals surface area contributed by atoms with Crippen LogP contribution in [0.15, 0.2) is 29.6 Å². The minimum atomic E-state index is 0.205. The van der Waals surface area contributed by atoms with Gasteiger partial charge in [-0.15, -0.1) is 11.3 Å². The van der Waals surface area contributed by atoms with Gasteiger partial charge in [0.15, 0.2) is 0 Å². The highest BCUT2D eigenvalue weighted by Gasteiger charge is 2.31. The molecule has 3 rings (SSSR count). The molecular formula is C22H30N2O2S. The van der Waals surface area contributed by atoms with Crippen molar-refractivity contribution in [3.8, 4) is 16.3 Å². The zero-order chi connectivity index (χ0) is 19.4. The van der Waals surface area contributed by atoms with Gasteiger partial charge in [0, 0.05) is 18.0 Å². The Morgan fingerprint density at radius 2 is 2.11 bits per heavy atom. The predicted octanol–water partition coefficient (Wildman–Crippen LogP) is 5.18. The minimum absolute atomic E-state index is 0.205. The van der Waals surface area contributed by atoms with Gasteiger partial charge in [-0.25, -0.2) is 4.98 Å². The second-order valence-corrected chi connectivity index (χ2v) is 9.26. The molecule has 0 saturated carbocycles. The van der Waals surface area contributed by atoms with E-state index in [4.69, 9.17) is 9.72 Å². The summed E-state index contributed by atoms with van der Waals surface area (Å²) in [5.41, 5.74) is 2.09. The standard InChI is InChI=1S/C22H30N2O2S/c1-5-26-19-11-7-6-10-18(19)21-23-16(15-27-21)13-20(25)24-12-8-9-17(24)14-22(2,3)4/h6-7,10-11,15,17H,5,8-9,12-14H2,1-4H3. The molecule has 4 nitrogen and oxygen atoms in total. The molecule has 1 aromatic heterocycles. The number of rotatable bonds is 6. The summed E-state index contributed by atoms with van der Waals surface area (Å²) < 4.78 is 5.71. The zero-order valence-corrected chi connectivity index (χ0v) is 17.6. The van der Waals surface area contributed by atoms with Crippen molar-refractivity contribution in [3.63, 3.8) is 0 Å². The van der Waals surface area contributed by atoms with Crippen molar-refractivity contribution < 1.29 is 9.53 Å². The summed E-state index contributed by atoms with van der Waals surface area (Å²) in [6, 6.07) is 8.32. The molecule has 0 aliphatic carbocycles. The molecule has 0 spiro atoms. The summed E-state index contributed by atoms with van der Waals surface area (Å²) in [4.78, 5) is 19.7. The van der Waals surface area contributed by atoms with Crippen molar-refractivity contribution in [2.45, 2.75) is 59.4 Å². The van der Waals surface area contributed by atoms with Gasteiger partial charge >= 0.3 is 0 Å². The zero-order valence-electron chi connectivity index (χ0n) is 16.8. The smallest absolute Gasteiger partial charge is 0.228 e. The highest BCUT2D eigenvalue weighted by atomic mass is 32.1. The van der Waals surface area contributed by atoms with E-state index in [0.29, 0.717) is 19.1 Å². The third kappa shape index (κ3) is 5.10. The Hall–Kier alpha value is -1.88. The summed E-state index contributed by atoms with van der Waals surface area (Å²) in [5, 5.41) is 2.92. The maximum atomic E-state index is 12.9. The van der Waals surface area contributed by atoms with Gasteiger partial charge in [0.25, 0.3) is 0 Å². The first-order chi connectivity index (χ1) is 12.9. The van der Waals surface area contributed by atoms with E-state index in [2.05, 4.69) is 25.7 Å². The molecule has 1 fully saturated rings. The fourth-order valence-corrected chi connectivity index (χ4v) is 4.63. The number of hydrogen-bond donors (Lipinski definition) is 0. The van der Waals surface area contributed by atoms with Crippen molar-refractivity contribution in [2.24, 2.45) is 5.41 Å². The van der Waals surface area contributed by atoms with E-state index in [1.54, 1.807) is 11.3 Å². The van der Waals surface area contributed by atoms with Crippen LogP contribution in [0.25, 0.3) is 10.6 Å². The van der Waals surface area contributed by atoms with Crippen LogP contribution >= 0.6 is 11.3 Å². The summed E-state index contributed by atoms with van der Waals surface area (Å²) in [6.45, 7) is 10.2. The van der Waals surface area contributed by atoms with Gasteiger partial charge in [-0.1, -0.05) is 32.9 Å². The number of ether oxygens (including phenoxy) is 1. The molecule has 1 saturated heterocycles. The molecule has 1 atom stereocenters. The number of hydrogen-bond acceptors (Lipinski definition) is 4. The second-order valence-electron chi connectivity index (χ2n) is 8.40. The lowest BCUT2D eigenvalue weighted by atomic mass is 9.87. The Morgan fingerprint density at radius 1 is 1.33 bits per heavy atom. The number of aromatic nitrogens is 1. The van der Waals surface area contributed by atoms with Crippen molar-refractivity contribution >= 4 is 17.2 Å². The first-order valence-electron chi connectivity index (χ1n) is 9.83. The molecule has 0 N–H and O–H groups in total. The maximum Gasteiger partial charge on any atom is 0.228 e. The molecule has 146 valence electrons.